The van der Waals surface area contributed by atoms with Gasteiger partial charge in [0.25, 0.3) is 5.56 Å². The molecule has 0 saturated heterocycles. The molecule has 3 rings (SSSR count). The number of hydrogen-bond acceptors (Lipinski definition) is 3. The number of aromatic nitrogens is 1. The van der Waals surface area contributed by atoms with Crippen molar-refractivity contribution in [1.29, 1.82) is 5.26 Å². The third-order valence-corrected chi connectivity index (χ3v) is 4.29. The van der Waals surface area contributed by atoms with Gasteiger partial charge < -0.3 is 9.30 Å². The van der Waals surface area contributed by atoms with Gasteiger partial charge in [0, 0.05) is 0 Å². The van der Waals surface area contributed by atoms with Crippen LogP contribution in [0.25, 0.3) is 11.3 Å². The molecule has 0 radical (unpaired) electrons. The van der Waals surface area contributed by atoms with Gasteiger partial charge in [-0.1, -0.05) is 42.5 Å². The van der Waals surface area contributed by atoms with E-state index in [1.165, 1.54) is 17.7 Å². The van der Waals surface area contributed by atoms with Crippen LogP contribution in [-0.2, 0) is 12.7 Å². The minimum absolute atomic E-state index is 0.0138. The van der Waals surface area contributed by atoms with E-state index >= 15 is 0 Å². The maximum absolute atomic E-state index is 13.4. The smallest absolute Gasteiger partial charge is 0.417 e. The van der Waals surface area contributed by atoms with Crippen LogP contribution < -0.4 is 10.3 Å². The van der Waals surface area contributed by atoms with Crippen molar-refractivity contribution in [3.05, 3.63) is 87.7 Å². The van der Waals surface area contributed by atoms with Gasteiger partial charge in [0.15, 0.2) is 0 Å². The Morgan fingerprint density at radius 1 is 1.07 bits per heavy atom. The number of nitriles is 1. The largest absolute Gasteiger partial charge is 0.497 e. The van der Waals surface area contributed by atoms with Crippen LogP contribution in [0.4, 0.5) is 13.2 Å². The number of nitrogens with zero attached hydrogens (tertiary/aromatic N) is 2. The lowest BCUT2D eigenvalue weighted by atomic mass is 10.0. The maximum Gasteiger partial charge on any atom is 0.417 e. The first-order chi connectivity index (χ1) is 13.3. The number of pyridine rings is 1. The lowest BCUT2D eigenvalue weighted by Crippen LogP contribution is -2.28. The molecule has 0 unspecified atom stereocenters. The van der Waals surface area contributed by atoms with Gasteiger partial charge in [-0.3, -0.25) is 4.79 Å². The molecule has 0 N–H and O–H groups in total. The van der Waals surface area contributed by atoms with E-state index in [1.807, 2.05) is 0 Å². The molecule has 0 spiro atoms. The number of ether oxygens (including phenoxy) is 1. The number of halogens is 3. The normalized spacial score (nSPS) is 11.1. The van der Waals surface area contributed by atoms with Crippen molar-refractivity contribution >= 4 is 0 Å². The predicted octanol–water partition coefficient (Wildman–Crippen LogP) is 4.46. The van der Waals surface area contributed by atoms with Crippen LogP contribution in [0, 0.1) is 11.3 Å². The van der Waals surface area contributed by atoms with Gasteiger partial charge in [-0.15, -0.1) is 0 Å². The number of alkyl halides is 3. The van der Waals surface area contributed by atoms with Crippen molar-refractivity contribution in [3.63, 3.8) is 0 Å². The summed E-state index contributed by atoms with van der Waals surface area (Å²) in [6, 6.07) is 17.4. The highest BCUT2D eigenvalue weighted by Gasteiger charge is 2.36. The van der Waals surface area contributed by atoms with Crippen molar-refractivity contribution in [2.45, 2.75) is 12.7 Å². The van der Waals surface area contributed by atoms with E-state index in [4.69, 9.17) is 4.74 Å². The summed E-state index contributed by atoms with van der Waals surface area (Å²) < 4.78 is 46.6. The molecule has 0 saturated carbocycles. The highest BCUT2D eigenvalue weighted by molar-refractivity contribution is 5.62. The first kappa shape index (κ1) is 19.2. The second kappa shape index (κ2) is 7.61. The first-order valence-electron chi connectivity index (χ1n) is 8.28. The highest BCUT2D eigenvalue weighted by atomic mass is 19.4. The highest BCUT2D eigenvalue weighted by Crippen LogP contribution is 2.33. The van der Waals surface area contributed by atoms with Gasteiger partial charge in [0.05, 0.1) is 24.9 Å². The maximum atomic E-state index is 13.4. The fraction of sp³-hybridized carbons (Fsp3) is 0.143. The number of hydrogen-bond donors (Lipinski definition) is 0. The molecule has 0 aliphatic rings. The van der Waals surface area contributed by atoms with E-state index in [0.717, 1.165) is 6.07 Å². The number of benzene rings is 2. The van der Waals surface area contributed by atoms with E-state index in [2.05, 4.69) is 0 Å². The van der Waals surface area contributed by atoms with Crippen molar-refractivity contribution in [1.82, 2.24) is 4.57 Å². The Balaban J connectivity index is 2.24. The fourth-order valence-corrected chi connectivity index (χ4v) is 2.90. The molecule has 0 atom stereocenters. The molecular weight excluding hydrogens is 369 g/mol. The van der Waals surface area contributed by atoms with Crippen LogP contribution in [0.2, 0.25) is 0 Å². The Hall–Kier alpha value is -3.53. The molecule has 0 aliphatic heterocycles. The van der Waals surface area contributed by atoms with E-state index in [1.54, 1.807) is 54.6 Å². The predicted molar refractivity (Wildman–Crippen MR) is 98.0 cm³/mol. The van der Waals surface area contributed by atoms with Crippen molar-refractivity contribution < 1.29 is 17.9 Å². The zero-order valence-corrected chi connectivity index (χ0v) is 14.8. The Morgan fingerprint density at radius 3 is 2.25 bits per heavy atom. The molecule has 142 valence electrons. The molecular formula is C21H15F3N2O2. The summed E-state index contributed by atoms with van der Waals surface area (Å²) >= 11 is 0. The van der Waals surface area contributed by atoms with Crippen LogP contribution in [-0.4, -0.2) is 11.7 Å². The summed E-state index contributed by atoms with van der Waals surface area (Å²) in [6.45, 7) is 0.0138. The first-order valence-corrected chi connectivity index (χ1v) is 8.28. The van der Waals surface area contributed by atoms with Crippen molar-refractivity contribution in [3.8, 4) is 23.1 Å². The molecule has 0 bridgehead atoms. The molecule has 0 fully saturated rings. The fourth-order valence-electron chi connectivity index (χ4n) is 2.90. The molecule has 2 aromatic carbocycles. The van der Waals surface area contributed by atoms with Crippen LogP contribution >= 0.6 is 0 Å². The molecule has 7 heteroatoms. The monoisotopic (exact) mass is 384 g/mol. The Kier molecular flexibility index (Phi) is 5.23. The van der Waals surface area contributed by atoms with Crippen LogP contribution in [0.5, 0.6) is 5.75 Å². The Bertz CT molecular complexity index is 1080. The van der Waals surface area contributed by atoms with E-state index in [9.17, 15) is 23.2 Å². The molecule has 1 heterocycles. The minimum atomic E-state index is -4.81. The van der Waals surface area contributed by atoms with Gasteiger partial charge in [-0.25, -0.2) is 0 Å². The molecule has 4 nitrogen and oxygen atoms in total. The zero-order chi connectivity index (χ0) is 20.3. The summed E-state index contributed by atoms with van der Waals surface area (Å²) in [7, 11) is 1.52. The van der Waals surface area contributed by atoms with Gasteiger partial charge in [-0.05, 0) is 29.3 Å². The summed E-state index contributed by atoms with van der Waals surface area (Å²) in [4.78, 5) is 12.8. The number of methoxy groups -OCH3 is 1. The SMILES string of the molecule is COc1ccc(Cn2c(-c3ccccc3)cc(C(F)(F)F)c(C#N)c2=O)cc1. The van der Waals surface area contributed by atoms with Crippen LogP contribution in [0.15, 0.2) is 65.5 Å². The molecule has 1 aromatic heterocycles. The van der Waals surface area contributed by atoms with Crippen LogP contribution in [0.1, 0.15) is 16.7 Å². The standard InChI is InChI=1S/C21H15F3N2O2/c1-28-16-9-7-14(8-10-16)13-26-19(15-5-3-2-4-6-15)11-18(21(22,23)24)17(12-25)20(26)27/h2-11H,13H2,1H3. The van der Waals surface area contributed by atoms with Crippen molar-refractivity contribution in [2.24, 2.45) is 0 Å². The van der Waals surface area contributed by atoms with E-state index in [-0.39, 0.29) is 12.2 Å². The summed E-state index contributed by atoms with van der Waals surface area (Å²) in [6.07, 6.45) is -4.81. The lowest BCUT2D eigenvalue weighted by molar-refractivity contribution is -0.137. The lowest BCUT2D eigenvalue weighted by Gasteiger charge is -2.18. The van der Waals surface area contributed by atoms with Gasteiger partial charge >= 0.3 is 6.18 Å². The molecule has 3 aromatic rings. The second-order valence-electron chi connectivity index (χ2n) is 6.03. The van der Waals surface area contributed by atoms with E-state index in [0.29, 0.717) is 16.9 Å². The zero-order valence-electron chi connectivity index (χ0n) is 14.8. The quantitative estimate of drug-likeness (QED) is 0.667. The van der Waals surface area contributed by atoms with Crippen molar-refractivity contribution in [2.75, 3.05) is 7.11 Å². The van der Waals surface area contributed by atoms with Gasteiger partial charge in [0.2, 0.25) is 0 Å². The average molecular weight is 384 g/mol. The summed E-state index contributed by atoms with van der Waals surface area (Å²) in [5.74, 6) is 0.615. The molecule has 0 aliphatic carbocycles. The topological polar surface area (TPSA) is 55.0 Å². The van der Waals surface area contributed by atoms with Gasteiger partial charge in [-0.2, -0.15) is 18.4 Å². The number of rotatable bonds is 4. The minimum Gasteiger partial charge on any atom is -0.497 e. The molecule has 0 amide bonds. The summed E-state index contributed by atoms with van der Waals surface area (Å²) in [5, 5.41) is 9.20. The third kappa shape index (κ3) is 3.76. The Labute approximate surface area is 159 Å². The van der Waals surface area contributed by atoms with Gasteiger partial charge in [0.1, 0.15) is 17.4 Å². The van der Waals surface area contributed by atoms with Crippen LogP contribution in [0.3, 0.4) is 0 Å². The average Bonchev–Trinajstić information content (AvgIpc) is 2.69. The molecule has 28 heavy (non-hydrogen) atoms. The third-order valence-electron chi connectivity index (χ3n) is 4.29. The Morgan fingerprint density at radius 2 is 1.71 bits per heavy atom. The second-order valence-corrected chi connectivity index (χ2v) is 6.03. The van der Waals surface area contributed by atoms with E-state index < -0.39 is 22.9 Å². The summed E-state index contributed by atoms with van der Waals surface area (Å²) in [5.41, 5.74) is -1.91.